The van der Waals surface area contributed by atoms with Gasteiger partial charge in [-0.15, -0.1) is 0 Å². The van der Waals surface area contributed by atoms with Gasteiger partial charge in [-0.2, -0.15) is 0 Å². The Labute approximate surface area is 489 Å². The summed E-state index contributed by atoms with van der Waals surface area (Å²) >= 11 is 0. The van der Waals surface area contributed by atoms with Crippen LogP contribution in [0.15, 0.2) is 97.2 Å². The molecular weight excluding hydrogens is 973 g/mol. The second-order valence-corrected chi connectivity index (χ2v) is 22.4. The Morgan fingerprint density at radius 2 is 0.456 bits per heavy atom. The first-order chi connectivity index (χ1) is 39.0. The molecule has 0 spiro atoms. The van der Waals surface area contributed by atoms with E-state index in [2.05, 4.69) is 118 Å². The number of rotatable bonds is 61. The zero-order chi connectivity index (χ0) is 57.1. The lowest BCUT2D eigenvalue weighted by atomic mass is 10.0. The number of hydrogen-bond donors (Lipinski definition) is 0. The van der Waals surface area contributed by atoms with Crippen molar-refractivity contribution in [3.8, 4) is 0 Å². The van der Waals surface area contributed by atoms with Crippen molar-refractivity contribution < 1.29 is 28.6 Å². The monoisotopic (exact) mass is 1100 g/mol. The van der Waals surface area contributed by atoms with Crippen molar-refractivity contribution in [3.05, 3.63) is 97.2 Å². The fraction of sp³-hybridized carbons (Fsp3) is 0.740. The van der Waals surface area contributed by atoms with Crippen LogP contribution in [0.5, 0.6) is 0 Å². The first kappa shape index (κ1) is 75.3. The molecule has 0 amide bonds. The van der Waals surface area contributed by atoms with E-state index in [1.807, 2.05) is 0 Å². The highest BCUT2D eigenvalue weighted by Crippen LogP contribution is 2.16. The third kappa shape index (κ3) is 65.0. The van der Waals surface area contributed by atoms with Crippen LogP contribution in [-0.2, 0) is 28.6 Å². The highest BCUT2D eigenvalue weighted by Gasteiger charge is 2.19. The Morgan fingerprint density at radius 1 is 0.253 bits per heavy atom. The van der Waals surface area contributed by atoms with Crippen molar-refractivity contribution in [1.82, 2.24) is 0 Å². The van der Waals surface area contributed by atoms with E-state index in [-0.39, 0.29) is 31.1 Å². The molecule has 0 N–H and O–H groups in total. The van der Waals surface area contributed by atoms with Gasteiger partial charge < -0.3 is 14.2 Å². The molecule has 0 heterocycles. The number of hydrogen-bond acceptors (Lipinski definition) is 6. The average molecular weight is 1100 g/mol. The van der Waals surface area contributed by atoms with E-state index >= 15 is 0 Å². The Kier molecular flexibility index (Phi) is 63.7. The van der Waals surface area contributed by atoms with Gasteiger partial charge in [0.25, 0.3) is 0 Å². The average Bonchev–Trinajstić information content (AvgIpc) is 3.45. The second-order valence-electron chi connectivity index (χ2n) is 22.4. The van der Waals surface area contributed by atoms with E-state index in [1.54, 1.807) is 0 Å². The van der Waals surface area contributed by atoms with E-state index < -0.39 is 6.10 Å². The molecule has 0 fully saturated rings. The summed E-state index contributed by atoms with van der Waals surface area (Å²) in [6, 6.07) is 0. The third-order valence-electron chi connectivity index (χ3n) is 14.5. The van der Waals surface area contributed by atoms with Gasteiger partial charge in [0, 0.05) is 19.3 Å². The zero-order valence-corrected chi connectivity index (χ0v) is 52.1. The van der Waals surface area contributed by atoms with E-state index in [0.29, 0.717) is 19.3 Å². The Bertz CT molecular complexity index is 1540. The molecule has 0 saturated heterocycles. The number of carbonyl (C=O) groups excluding carboxylic acids is 3. The molecule has 0 aliphatic heterocycles. The minimum absolute atomic E-state index is 0.0878. The van der Waals surface area contributed by atoms with Crippen molar-refractivity contribution in [1.29, 1.82) is 0 Å². The van der Waals surface area contributed by atoms with Crippen molar-refractivity contribution in [3.63, 3.8) is 0 Å². The maximum absolute atomic E-state index is 12.9. The maximum atomic E-state index is 12.9. The quantitative estimate of drug-likeness (QED) is 0.0261. The van der Waals surface area contributed by atoms with Gasteiger partial charge in [-0.05, 0) is 128 Å². The van der Waals surface area contributed by atoms with Gasteiger partial charge in [0.2, 0.25) is 0 Å². The summed E-state index contributed by atoms with van der Waals surface area (Å²) in [6.07, 6.45) is 89.8. The van der Waals surface area contributed by atoms with Crippen molar-refractivity contribution >= 4 is 17.9 Å². The van der Waals surface area contributed by atoms with Crippen LogP contribution in [0.4, 0.5) is 0 Å². The van der Waals surface area contributed by atoms with Crippen LogP contribution in [0.1, 0.15) is 329 Å². The van der Waals surface area contributed by atoms with Gasteiger partial charge >= 0.3 is 17.9 Å². The van der Waals surface area contributed by atoms with Crippen LogP contribution >= 0.6 is 0 Å². The van der Waals surface area contributed by atoms with E-state index in [9.17, 15) is 14.4 Å². The molecule has 0 aliphatic rings. The Hall–Kier alpha value is -3.67. The molecule has 454 valence electrons. The molecule has 6 nitrogen and oxygen atoms in total. The van der Waals surface area contributed by atoms with Crippen LogP contribution < -0.4 is 0 Å². The summed E-state index contributed by atoms with van der Waals surface area (Å²) in [5, 5.41) is 0. The van der Waals surface area contributed by atoms with Gasteiger partial charge in [-0.3, -0.25) is 14.4 Å². The van der Waals surface area contributed by atoms with Crippen LogP contribution in [-0.4, -0.2) is 37.2 Å². The maximum Gasteiger partial charge on any atom is 0.306 e. The highest BCUT2D eigenvalue weighted by atomic mass is 16.6. The van der Waals surface area contributed by atoms with Crippen molar-refractivity contribution in [2.24, 2.45) is 0 Å². The fourth-order valence-corrected chi connectivity index (χ4v) is 9.43. The molecule has 0 aromatic heterocycles. The van der Waals surface area contributed by atoms with Gasteiger partial charge in [0.1, 0.15) is 13.2 Å². The Balaban J connectivity index is 4.35. The SMILES string of the molecule is CCCCC/C=C\C/C=C\C/C=C\CCCCCCCCC(=O)OC(COC(=O)CCCCCCC/C=C\C/C=C\CCCCC)COC(=O)CCCCCCCCCCCCCC/C=C\C/C=C\C/C=C\CCCCCCC. The standard InChI is InChI=1S/C73H126O6/c1-4-7-10-13-16-19-22-25-28-30-32-33-34-35-36-37-38-39-41-42-45-48-51-54-57-60-63-66-72(75)78-69-70(68-77-71(74)65-62-59-56-53-50-47-44-27-24-21-18-15-12-9-6-3)79-73(76)67-64-61-58-55-52-49-46-43-40-31-29-26-23-20-17-14-11-8-5-2/h17-18,20-22,25-27,29-30,32,34-35,40,43-44,70H,4-16,19,23-24,28,31,33,36-39,41-42,45-69H2,1-3H3/b20-17-,21-18-,25-22-,29-26-,32-30-,35-34-,43-40-,44-27-. The summed E-state index contributed by atoms with van der Waals surface area (Å²) in [7, 11) is 0. The lowest BCUT2D eigenvalue weighted by Gasteiger charge is -2.18. The lowest BCUT2D eigenvalue weighted by molar-refractivity contribution is -0.167. The molecule has 79 heavy (non-hydrogen) atoms. The summed E-state index contributed by atoms with van der Waals surface area (Å²) in [5.41, 5.74) is 0. The third-order valence-corrected chi connectivity index (χ3v) is 14.5. The fourth-order valence-electron chi connectivity index (χ4n) is 9.43. The molecular formula is C73H126O6. The van der Waals surface area contributed by atoms with Crippen LogP contribution in [0.2, 0.25) is 0 Å². The van der Waals surface area contributed by atoms with E-state index in [4.69, 9.17) is 14.2 Å². The summed E-state index contributed by atoms with van der Waals surface area (Å²) in [5.74, 6) is -0.905. The number of unbranched alkanes of at least 4 members (excludes halogenated alkanes) is 34. The first-order valence-electron chi connectivity index (χ1n) is 33.7. The minimum atomic E-state index is -0.794. The minimum Gasteiger partial charge on any atom is -0.462 e. The van der Waals surface area contributed by atoms with Crippen molar-refractivity contribution in [2.75, 3.05) is 13.2 Å². The predicted molar refractivity (Wildman–Crippen MR) is 344 cm³/mol. The second kappa shape index (κ2) is 66.8. The normalized spacial score (nSPS) is 12.7. The molecule has 0 aliphatic carbocycles. The molecule has 0 bridgehead atoms. The van der Waals surface area contributed by atoms with Crippen molar-refractivity contribution in [2.45, 2.75) is 335 Å². The summed E-state index contributed by atoms with van der Waals surface area (Å²) in [6.45, 7) is 6.58. The molecule has 0 radical (unpaired) electrons. The lowest BCUT2D eigenvalue weighted by Crippen LogP contribution is -2.30. The van der Waals surface area contributed by atoms with Crippen LogP contribution in [0, 0.1) is 0 Å². The molecule has 1 atom stereocenters. The van der Waals surface area contributed by atoms with Gasteiger partial charge in [0.05, 0.1) is 0 Å². The van der Waals surface area contributed by atoms with Gasteiger partial charge in [-0.1, -0.05) is 279 Å². The largest absolute Gasteiger partial charge is 0.462 e. The predicted octanol–water partition coefficient (Wildman–Crippen LogP) is 23.2. The smallest absolute Gasteiger partial charge is 0.306 e. The van der Waals surface area contributed by atoms with Gasteiger partial charge in [-0.25, -0.2) is 0 Å². The molecule has 6 heteroatoms. The summed E-state index contributed by atoms with van der Waals surface area (Å²) in [4.78, 5) is 38.4. The zero-order valence-electron chi connectivity index (χ0n) is 52.1. The topological polar surface area (TPSA) is 78.9 Å². The summed E-state index contributed by atoms with van der Waals surface area (Å²) < 4.78 is 16.9. The number of carbonyl (C=O) groups is 3. The van der Waals surface area contributed by atoms with Crippen LogP contribution in [0.25, 0.3) is 0 Å². The van der Waals surface area contributed by atoms with E-state index in [0.717, 1.165) is 122 Å². The molecule has 0 aromatic carbocycles. The molecule has 0 saturated carbocycles. The molecule has 0 aromatic rings. The van der Waals surface area contributed by atoms with E-state index in [1.165, 1.54) is 167 Å². The number of allylic oxidation sites excluding steroid dienone is 16. The van der Waals surface area contributed by atoms with Gasteiger partial charge in [0.15, 0.2) is 6.10 Å². The first-order valence-corrected chi connectivity index (χ1v) is 33.7. The molecule has 1 unspecified atom stereocenters. The molecule has 0 rings (SSSR count). The number of ether oxygens (including phenoxy) is 3. The Morgan fingerprint density at radius 3 is 0.734 bits per heavy atom. The van der Waals surface area contributed by atoms with Crippen LogP contribution in [0.3, 0.4) is 0 Å². The highest BCUT2D eigenvalue weighted by molar-refractivity contribution is 5.71. The number of esters is 3.